The van der Waals surface area contributed by atoms with E-state index in [9.17, 15) is 14.0 Å². The van der Waals surface area contributed by atoms with E-state index in [1.807, 2.05) is 61.5 Å². The molecule has 39 heavy (non-hydrogen) atoms. The molecular weight excluding hydrogens is 563 g/mol. The molecule has 2 heterocycles. The Labute approximate surface area is 234 Å². The second-order valence-corrected chi connectivity index (χ2v) is 10.1. The maximum atomic E-state index is 15.0. The molecule has 7 nitrogen and oxygen atoms in total. The van der Waals surface area contributed by atoms with Crippen LogP contribution >= 0.6 is 15.9 Å². The average Bonchev–Trinajstić information content (AvgIpc) is 3.30. The van der Waals surface area contributed by atoms with E-state index in [-0.39, 0.29) is 17.8 Å². The molecule has 0 atom stereocenters. The van der Waals surface area contributed by atoms with Crippen molar-refractivity contribution in [3.8, 4) is 22.7 Å². The minimum Gasteiger partial charge on any atom is -0.497 e. The lowest BCUT2D eigenvalue weighted by atomic mass is 10.1. The summed E-state index contributed by atoms with van der Waals surface area (Å²) >= 11 is 3.45. The van der Waals surface area contributed by atoms with Gasteiger partial charge in [0.1, 0.15) is 11.6 Å². The molecule has 0 radical (unpaired) electrons. The molecular formula is C30H28BrFN4O3. The van der Waals surface area contributed by atoms with Gasteiger partial charge in [0.15, 0.2) is 0 Å². The van der Waals surface area contributed by atoms with Crippen LogP contribution in [0.5, 0.6) is 5.75 Å². The molecule has 1 aromatic heterocycles. The fourth-order valence-corrected chi connectivity index (χ4v) is 5.16. The standard InChI is InChI=1S/C30H28BrFN4O3/c1-20-23(29(37)34-15-17-35(18-16-34)30(38)33-26-9-5-3-7-24(26)31)19-28(21-11-13-22(39-2)14-12-21)36(20)27-10-6-4-8-25(27)32/h3-14,19H,15-18H2,1-2H3,(H,33,38). The molecule has 1 aliphatic rings. The second kappa shape index (κ2) is 11.3. The van der Waals surface area contributed by atoms with Gasteiger partial charge in [-0.25, -0.2) is 9.18 Å². The molecule has 9 heteroatoms. The number of ether oxygens (including phenoxy) is 1. The highest BCUT2D eigenvalue weighted by atomic mass is 79.9. The molecule has 3 aromatic carbocycles. The Hall–Kier alpha value is -4.11. The van der Waals surface area contributed by atoms with Gasteiger partial charge in [-0.1, -0.05) is 24.3 Å². The first-order chi connectivity index (χ1) is 18.9. The number of piperazine rings is 1. The van der Waals surface area contributed by atoms with Crippen molar-refractivity contribution in [1.82, 2.24) is 14.4 Å². The van der Waals surface area contributed by atoms with Crippen LogP contribution in [0.15, 0.2) is 83.3 Å². The molecule has 1 fully saturated rings. The number of para-hydroxylation sites is 2. The molecule has 0 spiro atoms. The Morgan fingerprint density at radius 2 is 1.54 bits per heavy atom. The number of nitrogens with one attached hydrogen (secondary N) is 1. The van der Waals surface area contributed by atoms with Gasteiger partial charge in [0.05, 0.1) is 29.7 Å². The second-order valence-electron chi connectivity index (χ2n) is 9.23. The van der Waals surface area contributed by atoms with Crippen molar-refractivity contribution >= 4 is 33.6 Å². The Bertz CT molecular complexity index is 1510. The third-order valence-corrected chi connectivity index (χ3v) is 7.62. The predicted octanol–water partition coefficient (Wildman–Crippen LogP) is 6.35. The fraction of sp³-hybridized carbons (Fsp3) is 0.200. The number of amides is 3. The Morgan fingerprint density at radius 3 is 2.21 bits per heavy atom. The lowest BCUT2D eigenvalue weighted by Crippen LogP contribution is -2.51. The van der Waals surface area contributed by atoms with E-state index < -0.39 is 0 Å². The van der Waals surface area contributed by atoms with Crippen molar-refractivity contribution in [3.63, 3.8) is 0 Å². The molecule has 1 aliphatic heterocycles. The molecule has 0 aliphatic carbocycles. The highest BCUT2D eigenvalue weighted by Crippen LogP contribution is 2.32. The number of hydrogen-bond donors (Lipinski definition) is 1. The number of halogens is 2. The third-order valence-electron chi connectivity index (χ3n) is 6.93. The van der Waals surface area contributed by atoms with Crippen LogP contribution in [0.25, 0.3) is 16.9 Å². The van der Waals surface area contributed by atoms with E-state index in [1.54, 1.807) is 39.7 Å². The van der Waals surface area contributed by atoms with Crippen LogP contribution in [-0.2, 0) is 0 Å². The number of hydrogen-bond acceptors (Lipinski definition) is 3. The number of anilines is 1. The lowest BCUT2D eigenvalue weighted by Gasteiger charge is -2.34. The fourth-order valence-electron chi connectivity index (χ4n) is 4.78. The number of rotatable bonds is 5. The van der Waals surface area contributed by atoms with Crippen molar-refractivity contribution in [2.24, 2.45) is 0 Å². The van der Waals surface area contributed by atoms with E-state index in [0.717, 1.165) is 10.0 Å². The third kappa shape index (κ3) is 5.40. The van der Waals surface area contributed by atoms with Crippen LogP contribution in [0.4, 0.5) is 14.9 Å². The molecule has 3 amide bonds. The summed E-state index contributed by atoms with van der Waals surface area (Å²) in [6, 6.07) is 23.0. The number of carbonyl (C=O) groups is 2. The highest BCUT2D eigenvalue weighted by molar-refractivity contribution is 9.10. The number of nitrogens with zero attached hydrogens (tertiary/aromatic N) is 3. The Kier molecular flexibility index (Phi) is 7.70. The number of carbonyl (C=O) groups excluding carboxylic acids is 2. The summed E-state index contributed by atoms with van der Waals surface area (Å²) in [7, 11) is 1.60. The summed E-state index contributed by atoms with van der Waals surface area (Å²) in [4.78, 5) is 30.0. The Morgan fingerprint density at radius 1 is 0.897 bits per heavy atom. The summed E-state index contributed by atoms with van der Waals surface area (Å²) in [6.07, 6.45) is 0. The van der Waals surface area contributed by atoms with Gasteiger partial charge in [0.2, 0.25) is 0 Å². The number of aromatic nitrogens is 1. The van der Waals surface area contributed by atoms with Gasteiger partial charge in [-0.05, 0) is 83.0 Å². The zero-order valence-corrected chi connectivity index (χ0v) is 23.2. The lowest BCUT2D eigenvalue weighted by molar-refractivity contribution is 0.0671. The average molecular weight is 591 g/mol. The summed E-state index contributed by atoms with van der Waals surface area (Å²) in [5, 5.41) is 2.91. The molecule has 200 valence electrons. The van der Waals surface area contributed by atoms with Crippen LogP contribution in [-0.4, -0.2) is 59.6 Å². The van der Waals surface area contributed by atoms with Gasteiger partial charge >= 0.3 is 6.03 Å². The monoisotopic (exact) mass is 590 g/mol. The summed E-state index contributed by atoms with van der Waals surface area (Å²) in [6.45, 7) is 3.42. The molecule has 0 unspecified atom stereocenters. The summed E-state index contributed by atoms with van der Waals surface area (Å²) in [5.74, 6) is 0.176. The maximum Gasteiger partial charge on any atom is 0.321 e. The minimum atomic E-state index is -0.380. The molecule has 1 saturated heterocycles. The van der Waals surface area contributed by atoms with Crippen LogP contribution in [0.1, 0.15) is 16.1 Å². The van der Waals surface area contributed by atoms with Gasteiger partial charge in [-0.2, -0.15) is 0 Å². The zero-order chi connectivity index (χ0) is 27.5. The maximum absolute atomic E-state index is 15.0. The van der Waals surface area contributed by atoms with Crippen LogP contribution in [0.3, 0.4) is 0 Å². The van der Waals surface area contributed by atoms with Gasteiger partial charge in [-0.3, -0.25) is 4.79 Å². The first kappa shape index (κ1) is 26.5. The Balaban J connectivity index is 1.39. The number of methoxy groups -OCH3 is 1. The molecule has 0 saturated carbocycles. The van der Waals surface area contributed by atoms with E-state index in [4.69, 9.17) is 4.74 Å². The largest absolute Gasteiger partial charge is 0.497 e. The van der Waals surface area contributed by atoms with Crippen LogP contribution in [0, 0.1) is 12.7 Å². The topological polar surface area (TPSA) is 66.8 Å². The molecule has 4 aromatic rings. The van der Waals surface area contributed by atoms with Gasteiger partial charge < -0.3 is 24.4 Å². The van der Waals surface area contributed by atoms with E-state index in [2.05, 4.69) is 21.2 Å². The van der Waals surface area contributed by atoms with Crippen molar-refractivity contribution in [2.45, 2.75) is 6.92 Å². The molecule has 0 bridgehead atoms. The molecule has 1 N–H and O–H groups in total. The molecule has 5 rings (SSSR count). The van der Waals surface area contributed by atoms with Crippen LogP contribution < -0.4 is 10.1 Å². The first-order valence-corrected chi connectivity index (χ1v) is 13.4. The summed E-state index contributed by atoms with van der Waals surface area (Å²) < 4.78 is 22.8. The zero-order valence-electron chi connectivity index (χ0n) is 21.7. The van der Waals surface area contributed by atoms with E-state index in [1.165, 1.54) is 6.07 Å². The smallest absolute Gasteiger partial charge is 0.321 e. The van der Waals surface area contributed by atoms with Gasteiger partial charge in [0.25, 0.3) is 5.91 Å². The van der Waals surface area contributed by atoms with E-state index in [0.29, 0.717) is 60.3 Å². The van der Waals surface area contributed by atoms with Crippen molar-refractivity contribution < 1.29 is 18.7 Å². The predicted molar refractivity (Wildman–Crippen MR) is 153 cm³/mol. The normalized spacial score (nSPS) is 13.3. The number of benzene rings is 3. The minimum absolute atomic E-state index is 0.150. The van der Waals surface area contributed by atoms with Crippen molar-refractivity contribution in [1.29, 1.82) is 0 Å². The SMILES string of the molecule is COc1ccc(-c2cc(C(=O)N3CCN(C(=O)Nc4ccccc4Br)CC3)c(C)n2-c2ccccc2F)cc1. The number of urea groups is 1. The van der Waals surface area contributed by atoms with Gasteiger partial charge in [0, 0.05) is 36.3 Å². The van der Waals surface area contributed by atoms with E-state index >= 15 is 0 Å². The van der Waals surface area contributed by atoms with Crippen molar-refractivity contribution in [2.75, 3.05) is 38.6 Å². The van der Waals surface area contributed by atoms with Crippen LogP contribution in [0.2, 0.25) is 0 Å². The summed E-state index contributed by atoms with van der Waals surface area (Å²) in [5.41, 5.74) is 3.73. The highest BCUT2D eigenvalue weighted by Gasteiger charge is 2.28. The van der Waals surface area contributed by atoms with Gasteiger partial charge in [-0.15, -0.1) is 0 Å². The van der Waals surface area contributed by atoms with Crippen molar-refractivity contribution in [3.05, 3.63) is 100 Å². The first-order valence-electron chi connectivity index (χ1n) is 12.6. The quantitative estimate of drug-likeness (QED) is 0.294.